The van der Waals surface area contributed by atoms with Gasteiger partial charge >= 0.3 is 17.9 Å². The minimum absolute atomic E-state index is 0.0210. The van der Waals surface area contributed by atoms with Crippen LogP contribution in [0.5, 0.6) is 0 Å². The van der Waals surface area contributed by atoms with Crippen LogP contribution in [0.15, 0.2) is 0 Å². The molecule has 0 bridgehead atoms. The van der Waals surface area contributed by atoms with Gasteiger partial charge in [-0.1, -0.05) is 0 Å². The third-order valence-electron chi connectivity index (χ3n) is 4.28. The van der Waals surface area contributed by atoms with Gasteiger partial charge in [-0.25, -0.2) is 4.79 Å². The number of primary amides is 1. The minimum atomic E-state index is -1.75. The number of carbonyl (C=O) groups excluding carboxylic acids is 4. The van der Waals surface area contributed by atoms with E-state index in [2.05, 4.69) is 10.6 Å². The summed E-state index contributed by atoms with van der Waals surface area (Å²) in [6, 6.07) is -5.97. The first-order valence-corrected chi connectivity index (χ1v) is 11.3. The van der Waals surface area contributed by atoms with Crippen molar-refractivity contribution >= 4 is 53.3 Å². The van der Waals surface area contributed by atoms with Gasteiger partial charge in [0.15, 0.2) is 0 Å². The highest BCUT2D eigenvalue weighted by molar-refractivity contribution is 7.98. The first-order valence-electron chi connectivity index (χ1n) is 9.88. The molecule has 16 heteroatoms. The van der Waals surface area contributed by atoms with Gasteiger partial charge in [-0.05, 0) is 24.9 Å². The summed E-state index contributed by atoms with van der Waals surface area (Å²) < 4.78 is 0. The zero-order chi connectivity index (χ0) is 26.4. The van der Waals surface area contributed by atoms with E-state index in [-0.39, 0.29) is 19.3 Å². The Morgan fingerprint density at radius 3 is 1.68 bits per heavy atom. The molecule has 0 aliphatic rings. The summed E-state index contributed by atoms with van der Waals surface area (Å²) in [4.78, 5) is 81.5. The van der Waals surface area contributed by atoms with Crippen LogP contribution in [0.1, 0.15) is 32.1 Å². The first kappa shape index (κ1) is 30.6. The largest absolute Gasteiger partial charge is 0.481 e. The Labute approximate surface area is 198 Å². The van der Waals surface area contributed by atoms with E-state index in [4.69, 9.17) is 26.8 Å². The first-order chi connectivity index (χ1) is 15.8. The van der Waals surface area contributed by atoms with Crippen LogP contribution in [0, 0.1) is 0 Å². The SMILES string of the molecule is CSCC[C@H](NC(=O)[C@H](CCC(N)=O)NC(=O)[C@@H](N)CC(=O)O)C(=O)N[C@@H](CC(=O)O)C(=O)O. The lowest BCUT2D eigenvalue weighted by Gasteiger charge is -2.24. The molecule has 0 aromatic rings. The summed E-state index contributed by atoms with van der Waals surface area (Å²) in [5, 5.41) is 33.3. The summed E-state index contributed by atoms with van der Waals surface area (Å²) in [6.07, 6.45) is -0.527. The molecule has 0 aliphatic heterocycles. The molecule has 0 aromatic carbocycles. The van der Waals surface area contributed by atoms with E-state index in [1.807, 2.05) is 5.32 Å². The minimum Gasteiger partial charge on any atom is -0.481 e. The normalized spacial score (nSPS) is 14.1. The fraction of sp³-hybridized carbons (Fsp3) is 0.611. The quantitative estimate of drug-likeness (QED) is 0.0968. The molecular weight excluding hydrogens is 478 g/mol. The summed E-state index contributed by atoms with van der Waals surface area (Å²) in [5.41, 5.74) is 10.6. The zero-order valence-electron chi connectivity index (χ0n) is 18.3. The maximum Gasteiger partial charge on any atom is 0.326 e. The molecule has 34 heavy (non-hydrogen) atoms. The van der Waals surface area contributed by atoms with Crippen LogP contribution in [-0.4, -0.2) is 93.0 Å². The van der Waals surface area contributed by atoms with Crippen molar-refractivity contribution in [2.45, 2.75) is 56.3 Å². The molecule has 0 saturated carbocycles. The lowest BCUT2D eigenvalue weighted by atomic mass is 10.1. The molecule has 4 amide bonds. The fourth-order valence-electron chi connectivity index (χ4n) is 2.54. The lowest BCUT2D eigenvalue weighted by Crippen LogP contribution is -2.57. The number of rotatable bonds is 17. The summed E-state index contributed by atoms with van der Waals surface area (Å²) >= 11 is 1.31. The van der Waals surface area contributed by atoms with Crippen LogP contribution >= 0.6 is 11.8 Å². The Hall–Kier alpha value is -3.40. The number of aliphatic carboxylic acids is 3. The van der Waals surface area contributed by atoms with Gasteiger partial charge < -0.3 is 42.7 Å². The Balaban J connectivity index is 5.55. The van der Waals surface area contributed by atoms with Crippen LogP contribution in [0.3, 0.4) is 0 Å². The van der Waals surface area contributed by atoms with E-state index in [1.165, 1.54) is 11.8 Å². The highest BCUT2D eigenvalue weighted by Gasteiger charge is 2.31. The fourth-order valence-corrected chi connectivity index (χ4v) is 3.01. The molecule has 0 heterocycles. The summed E-state index contributed by atoms with van der Waals surface area (Å²) in [7, 11) is 0. The number of hydrogen-bond acceptors (Lipinski definition) is 9. The van der Waals surface area contributed by atoms with Crippen LogP contribution in [0.4, 0.5) is 0 Å². The van der Waals surface area contributed by atoms with E-state index in [0.717, 1.165) is 0 Å². The number of hydrogen-bond donors (Lipinski definition) is 8. The third kappa shape index (κ3) is 12.6. The molecular formula is C18H29N5O10S. The highest BCUT2D eigenvalue weighted by Crippen LogP contribution is 2.06. The topological polar surface area (TPSA) is 268 Å². The second kappa shape index (κ2) is 15.4. The molecule has 0 fully saturated rings. The molecule has 0 rings (SSSR count). The van der Waals surface area contributed by atoms with E-state index in [0.29, 0.717) is 5.75 Å². The van der Waals surface area contributed by atoms with Crippen LogP contribution in [-0.2, 0) is 33.6 Å². The second-order valence-electron chi connectivity index (χ2n) is 7.11. The molecule has 15 nitrogen and oxygen atoms in total. The summed E-state index contributed by atoms with van der Waals surface area (Å²) in [6.45, 7) is 0. The van der Waals surface area contributed by atoms with Gasteiger partial charge in [0.2, 0.25) is 23.6 Å². The number of carboxylic acid groups (broad SMARTS) is 3. The maximum atomic E-state index is 12.8. The van der Waals surface area contributed by atoms with Crippen LogP contribution < -0.4 is 27.4 Å². The van der Waals surface area contributed by atoms with Gasteiger partial charge in [-0.2, -0.15) is 11.8 Å². The van der Waals surface area contributed by atoms with Gasteiger partial charge in [0.25, 0.3) is 0 Å². The maximum absolute atomic E-state index is 12.8. The molecule has 0 saturated heterocycles. The van der Waals surface area contributed by atoms with E-state index in [1.54, 1.807) is 6.26 Å². The molecule has 10 N–H and O–H groups in total. The number of thioether (sulfide) groups is 1. The molecule has 192 valence electrons. The molecule has 0 aromatic heterocycles. The number of carbonyl (C=O) groups is 7. The van der Waals surface area contributed by atoms with Gasteiger partial charge in [-0.15, -0.1) is 0 Å². The number of nitrogens with one attached hydrogen (secondary N) is 3. The lowest BCUT2D eigenvalue weighted by molar-refractivity contribution is -0.147. The van der Waals surface area contributed by atoms with Crippen LogP contribution in [0.2, 0.25) is 0 Å². The van der Waals surface area contributed by atoms with E-state index >= 15 is 0 Å². The molecule has 0 unspecified atom stereocenters. The molecule has 0 radical (unpaired) electrons. The van der Waals surface area contributed by atoms with Crippen molar-refractivity contribution in [3.63, 3.8) is 0 Å². The predicted octanol–water partition coefficient (Wildman–Crippen LogP) is -3.18. The monoisotopic (exact) mass is 507 g/mol. The standard InChI is InChI=1S/C18H29N5O10S/c1-34-5-4-10(17(31)23-11(18(32)33)7-14(27)28)22-16(30)9(2-3-12(20)24)21-15(29)8(19)6-13(25)26/h8-11H,2-7,19H2,1H3,(H2,20,24)(H,21,29)(H,22,30)(H,23,31)(H,25,26)(H,27,28)(H,32,33)/t8-,9-,10-,11-/m0/s1. The average molecular weight is 508 g/mol. The number of nitrogens with two attached hydrogens (primary N) is 2. The Morgan fingerprint density at radius 1 is 0.765 bits per heavy atom. The molecule has 0 aliphatic carbocycles. The van der Waals surface area contributed by atoms with Crippen molar-refractivity contribution in [2.75, 3.05) is 12.0 Å². The smallest absolute Gasteiger partial charge is 0.326 e. The Bertz CT molecular complexity index is 793. The number of amides is 4. The van der Waals surface area contributed by atoms with Gasteiger partial charge in [0.1, 0.15) is 18.1 Å². The molecule has 4 atom stereocenters. The molecule has 0 spiro atoms. The average Bonchev–Trinajstić information content (AvgIpc) is 2.71. The van der Waals surface area contributed by atoms with Crippen molar-refractivity contribution < 1.29 is 48.9 Å². The Kier molecular flexibility index (Phi) is 13.9. The highest BCUT2D eigenvalue weighted by atomic mass is 32.2. The predicted molar refractivity (Wildman–Crippen MR) is 117 cm³/mol. The second-order valence-corrected chi connectivity index (χ2v) is 8.10. The summed E-state index contributed by atoms with van der Waals surface area (Å²) in [5.74, 6) is -7.78. The zero-order valence-corrected chi connectivity index (χ0v) is 19.1. The van der Waals surface area contributed by atoms with Crippen molar-refractivity contribution in [1.82, 2.24) is 16.0 Å². The van der Waals surface area contributed by atoms with E-state index in [9.17, 15) is 33.6 Å². The van der Waals surface area contributed by atoms with Gasteiger partial charge in [0, 0.05) is 6.42 Å². The number of carboxylic acids is 3. The van der Waals surface area contributed by atoms with Gasteiger partial charge in [-0.3, -0.25) is 28.8 Å². The van der Waals surface area contributed by atoms with Crippen molar-refractivity contribution in [2.24, 2.45) is 11.5 Å². The van der Waals surface area contributed by atoms with Gasteiger partial charge in [0.05, 0.1) is 18.9 Å². The Morgan fingerprint density at radius 2 is 1.24 bits per heavy atom. The van der Waals surface area contributed by atoms with Crippen molar-refractivity contribution in [1.29, 1.82) is 0 Å². The van der Waals surface area contributed by atoms with E-state index < -0.39 is 78.5 Å². The van der Waals surface area contributed by atoms with Crippen LogP contribution in [0.25, 0.3) is 0 Å². The van der Waals surface area contributed by atoms with Crippen molar-refractivity contribution in [3.8, 4) is 0 Å². The van der Waals surface area contributed by atoms with Crippen molar-refractivity contribution in [3.05, 3.63) is 0 Å². The third-order valence-corrected chi connectivity index (χ3v) is 4.92.